The number of aliphatic carboxylic acids is 1. The van der Waals surface area contributed by atoms with Crippen LogP contribution in [0.1, 0.15) is 16.3 Å². The van der Waals surface area contributed by atoms with Crippen LogP contribution in [0.4, 0.5) is 23.7 Å². The van der Waals surface area contributed by atoms with Gasteiger partial charge in [0.05, 0.1) is 24.6 Å². The lowest BCUT2D eigenvalue weighted by Crippen LogP contribution is -2.31. The number of nitrogens with zero attached hydrogens (tertiary/aromatic N) is 3. The van der Waals surface area contributed by atoms with Crippen LogP contribution in [0.2, 0.25) is 0 Å². The van der Waals surface area contributed by atoms with E-state index in [2.05, 4.69) is 31.3 Å². The minimum atomic E-state index is -5.08. The van der Waals surface area contributed by atoms with Crippen LogP contribution in [0.3, 0.4) is 0 Å². The van der Waals surface area contributed by atoms with Gasteiger partial charge in [-0.15, -0.1) is 33.3 Å². The summed E-state index contributed by atoms with van der Waals surface area (Å²) in [5.74, 6) is -2.53. The molecule has 2 heterocycles. The molecule has 0 saturated carbocycles. The summed E-state index contributed by atoms with van der Waals surface area (Å²) < 4.78 is 60.2. The number of anilines is 1. The number of nitrogen functional groups attached to an aromatic ring is 1. The summed E-state index contributed by atoms with van der Waals surface area (Å²) in [5.41, 5.74) is 7.92. The maximum atomic E-state index is 14.0. The molecule has 4 rings (SSSR count). The van der Waals surface area contributed by atoms with Crippen molar-refractivity contribution in [3.63, 3.8) is 0 Å². The number of carbonyl (C=O) groups excluding carboxylic acids is 1. The number of thioether (sulfide) groups is 1. The number of carboxylic acid groups (broad SMARTS) is 1. The van der Waals surface area contributed by atoms with Crippen LogP contribution in [0.25, 0.3) is 11.1 Å². The van der Waals surface area contributed by atoms with Crippen molar-refractivity contribution in [1.82, 2.24) is 25.9 Å². The minimum absolute atomic E-state index is 0.0404. The average Bonchev–Trinajstić information content (AvgIpc) is 3.64. The first-order valence-corrected chi connectivity index (χ1v) is 15.7. The fraction of sp³-hybridized carbons (Fsp3) is 0.200. The largest absolute Gasteiger partial charge is 0.490 e. The number of carboxylic acids is 1. The third kappa shape index (κ3) is 8.32. The molecule has 0 fully saturated rings. The van der Waals surface area contributed by atoms with E-state index in [1.807, 2.05) is 37.3 Å². The normalized spacial score (nSPS) is 11.3. The Morgan fingerprint density at radius 3 is 2.36 bits per heavy atom. The van der Waals surface area contributed by atoms with E-state index < -0.39 is 28.0 Å². The molecule has 234 valence electrons. The van der Waals surface area contributed by atoms with Crippen molar-refractivity contribution in [2.45, 2.75) is 33.5 Å². The van der Waals surface area contributed by atoms with E-state index in [0.29, 0.717) is 26.9 Å². The molecule has 2 aromatic heterocycles. The lowest BCUT2D eigenvalue weighted by Gasteiger charge is -2.19. The predicted molar refractivity (Wildman–Crippen MR) is 158 cm³/mol. The second-order valence-corrected chi connectivity index (χ2v) is 12.7. The van der Waals surface area contributed by atoms with E-state index in [-0.39, 0.29) is 27.9 Å². The SMILES string of the molecule is CSc1sc(C(=N)N)cc1S(=O)(=O)c1ccc(C)c(-c2ccccc2)c1NC(=O)NCCc1nn[nH]n1.O=C(O)C(F)(F)F. The summed E-state index contributed by atoms with van der Waals surface area (Å²) in [6.45, 7) is 2.06. The number of amides is 2. The minimum Gasteiger partial charge on any atom is -0.475 e. The van der Waals surface area contributed by atoms with Gasteiger partial charge in [-0.05, 0) is 36.4 Å². The van der Waals surface area contributed by atoms with Crippen molar-refractivity contribution in [2.75, 3.05) is 18.1 Å². The van der Waals surface area contributed by atoms with Gasteiger partial charge in [0.15, 0.2) is 5.82 Å². The molecule has 13 nitrogen and oxygen atoms in total. The third-order valence-electron chi connectivity index (χ3n) is 5.64. The number of aromatic nitrogens is 4. The van der Waals surface area contributed by atoms with Crippen LogP contribution >= 0.6 is 23.1 Å². The molecular formula is C25H25F3N8O5S3. The highest BCUT2D eigenvalue weighted by atomic mass is 32.2. The van der Waals surface area contributed by atoms with Gasteiger partial charge < -0.3 is 21.5 Å². The zero-order chi connectivity index (χ0) is 32.7. The van der Waals surface area contributed by atoms with Gasteiger partial charge in [0, 0.05) is 18.5 Å². The van der Waals surface area contributed by atoms with Gasteiger partial charge in [0.25, 0.3) is 0 Å². The number of urea groups is 1. The van der Waals surface area contributed by atoms with E-state index in [4.69, 9.17) is 21.0 Å². The number of amidine groups is 1. The number of carbonyl (C=O) groups is 2. The van der Waals surface area contributed by atoms with Crippen LogP contribution in [0, 0.1) is 12.3 Å². The molecule has 0 unspecified atom stereocenters. The summed E-state index contributed by atoms with van der Waals surface area (Å²) in [6.07, 6.45) is -2.98. The van der Waals surface area contributed by atoms with Crippen molar-refractivity contribution in [3.8, 4) is 11.1 Å². The number of alkyl halides is 3. The first-order valence-electron chi connectivity index (χ1n) is 12.2. The number of tetrazole rings is 1. The fourth-order valence-corrected chi connectivity index (χ4v) is 7.70. The highest BCUT2D eigenvalue weighted by Gasteiger charge is 2.38. The number of nitrogens with one attached hydrogen (secondary N) is 4. The summed E-state index contributed by atoms with van der Waals surface area (Å²) in [4.78, 5) is 22.2. The van der Waals surface area contributed by atoms with Crippen molar-refractivity contribution in [2.24, 2.45) is 5.73 Å². The molecule has 0 aliphatic carbocycles. The molecule has 0 radical (unpaired) electrons. The number of hydrogen-bond donors (Lipinski definition) is 6. The third-order valence-corrected chi connectivity index (χ3v) is 10.0. The Morgan fingerprint density at radius 2 is 1.82 bits per heavy atom. The first-order chi connectivity index (χ1) is 20.7. The van der Waals surface area contributed by atoms with Gasteiger partial charge in [-0.25, -0.2) is 18.0 Å². The highest BCUT2D eigenvalue weighted by Crippen LogP contribution is 2.42. The second-order valence-electron chi connectivity index (χ2n) is 8.64. The number of hydrogen-bond acceptors (Lipinski definition) is 10. The molecular weight excluding hydrogens is 646 g/mol. The van der Waals surface area contributed by atoms with Crippen molar-refractivity contribution >= 4 is 56.5 Å². The molecule has 0 aliphatic heterocycles. The molecule has 0 bridgehead atoms. The van der Waals surface area contributed by atoms with E-state index in [0.717, 1.165) is 22.5 Å². The Morgan fingerprint density at radius 1 is 1.16 bits per heavy atom. The Balaban J connectivity index is 0.000000676. The summed E-state index contributed by atoms with van der Waals surface area (Å²) in [5, 5.41) is 33.9. The number of halogens is 3. The Labute approximate surface area is 256 Å². The number of rotatable bonds is 9. The quantitative estimate of drug-likeness (QED) is 0.0852. The lowest BCUT2D eigenvalue weighted by atomic mass is 9.98. The molecule has 4 aromatic rings. The molecule has 19 heteroatoms. The highest BCUT2D eigenvalue weighted by molar-refractivity contribution is 8.01. The maximum Gasteiger partial charge on any atom is 0.490 e. The second kappa shape index (κ2) is 14.3. The summed E-state index contributed by atoms with van der Waals surface area (Å²) >= 11 is 2.39. The van der Waals surface area contributed by atoms with Gasteiger partial charge in [-0.2, -0.15) is 18.4 Å². The number of aromatic amines is 1. The summed E-state index contributed by atoms with van der Waals surface area (Å²) in [7, 11) is -4.11. The van der Waals surface area contributed by atoms with Crippen molar-refractivity contribution in [1.29, 1.82) is 5.41 Å². The smallest absolute Gasteiger partial charge is 0.475 e. The number of sulfone groups is 1. The average molecular weight is 671 g/mol. The van der Waals surface area contributed by atoms with Crippen LogP contribution in [-0.2, 0) is 21.1 Å². The standard InChI is InChI=1S/C23H24N8O3S3.C2HF3O2/c1-13-8-9-16(37(33,34)17-12-15(21(24)25)36-22(17)35-2)20(19(13)14-6-4-3-5-7-14)27-23(32)26-11-10-18-28-30-31-29-18;3-2(4,5)1(6)7/h3-9,12H,10-11H2,1-2H3,(H3,24,25)(H2,26,27,32)(H,28,29,30,31);(H,6,7). The Bertz CT molecular complexity index is 1750. The van der Waals surface area contributed by atoms with Gasteiger partial charge in [-0.1, -0.05) is 41.6 Å². The van der Waals surface area contributed by atoms with Gasteiger partial charge in [0.1, 0.15) is 5.84 Å². The van der Waals surface area contributed by atoms with E-state index in [9.17, 15) is 26.4 Å². The number of benzene rings is 2. The topological polar surface area (TPSA) is 217 Å². The van der Waals surface area contributed by atoms with E-state index >= 15 is 0 Å². The lowest BCUT2D eigenvalue weighted by molar-refractivity contribution is -0.192. The van der Waals surface area contributed by atoms with Crippen molar-refractivity contribution in [3.05, 3.63) is 64.8 Å². The predicted octanol–water partition coefficient (Wildman–Crippen LogP) is 4.07. The first kappa shape index (κ1) is 34.0. The van der Waals surface area contributed by atoms with Crippen LogP contribution in [-0.4, -0.2) is 71.0 Å². The van der Waals surface area contributed by atoms with Gasteiger partial charge >= 0.3 is 18.2 Å². The van der Waals surface area contributed by atoms with Crippen LogP contribution in [0.5, 0.6) is 0 Å². The molecule has 0 atom stereocenters. The number of nitrogens with two attached hydrogens (primary N) is 1. The Hall–Kier alpha value is -4.49. The monoisotopic (exact) mass is 670 g/mol. The fourth-order valence-electron chi connectivity index (χ4n) is 3.68. The zero-order valence-electron chi connectivity index (χ0n) is 22.9. The van der Waals surface area contributed by atoms with Gasteiger partial charge in [0.2, 0.25) is 9.84 Å². The molecule has 0 aliphatic rings. The molecule has 0 spiro atoms. The van der Waals surface area contributed by atoms with Gasteiger partial charge in [-0.3, -0.25) is 5.41 Å². The molecule has 44 heavy (non-hydrogen) atoms. The van der Waals surface area contributed by atoms with Crippen LogP contribution < -0.4 is 16.4 Å². The molecule has 2 amide bonds. The molecule has 0 saturated heterocycles. The summed E-state index contributed by atoms with van der Waals surface area (Å²) in [6, 6.07) is 13.3. The number of thiophene rings is 1. The van der Waals surface area contributed by atoms with E-state index in [1.54, 1.807) is 12.3 Å². The van der Waals surface area contributed by atoms with Crippen molar-refractivity contribution < 1.29 is 36.3 Å². The maximum absolute atomic E-state index is 14.0. The van der Waals surface area contributed by atoms with E-state index in [1.165, 1.54) is 23.9 Å². The molecule has 7 N–H and O–H groups in total. The number of aryl methyl sites for hydroxylation is 1. The van der Waals surface area contributed by atoms with Crippen LogP contribution in [0.15, 0.2) is 62.5 Å². The zero-order valence-corrected chi connectivity index (χ0v) is 25.3. The number of H-pyrrole nitrogens is 1. The molecule has 2 aromatic carbocycles. The Kier molecular flexibility index (Phi) is 11.1.